The van der Waals surface area contributed by atoms with E-state index < -0.39 is 33.3 Å². The maximum absolute atomic E-state index is 13.1. The Hall–Kier alpha value is -2.86. The van der Waals surface area contributed by atoms with Crippen LogP contribution in [0.5, 0.6) is 5.75 Å². The van der Waals surface area contributed by atoms with Gasteiger partial charge >= 0.3 is 12.3 Å². The quantitative estimate of drug-likeness (QED) is 0.492. The van der Waals surface area contributed by atoms with Crippen molar-refractivity contribution in [1.82, 2.24) is 9.88 Å². The molecule has 1 fully saturated rings. The average molecular weight is 585 g/mol. The van der Waals surface area contributed by atoms with Crippen molar-refractivity contribution < 1.29 is 41.0 Å². The highest BCUT2D eigenvalue weighted by atomic mass is 32.2. The van der Waals surface area contributed by atoms with Gasteiger partial charge < -0.3 is 19.5 Å². The van der Waals surface area contributed by atoms with E-state index in [1.165, 1.54) is 4.90 Å². The van der Waals surface area contributed by atoms with Crippen molar-refractivity contribution in [2.45, 2.75) is 69.6 Å². The Morgan fingerprint density at radius 3 is 2.48 bits per heavy atom. The number of hydrogen-bond acceptors (Lipinski definition) is 7. The predicted molar refractivity (Wildman–Crippen MR) is 143 cm³/mol. The molecule has 2 aromatic rings. The number of pyridine rings is 1. The summed E-state index contributed by atoms with van der Waals surface area (Å²) < 4.78 is 75.1. The van der Waals surface area contributed by atoms with Gasteiger partial charge in [0.2, 0.25) is 5.60 Å². The molecule has 1 saturated heterocycles. The number of carbonyl (C=O) groups is 1. The molecule has 2 aliphatic heterocycles. The number of aliphatic hydroxyl groups excluding tert-OH is 1. The molecule has 0 unspecified atom stereocenters. The number of aromatic nitrogens is 1. The summed E-state index contributed by atoms with van der Waals surface area (Å²) in [6.07, 6.45) is -1.68. The molecule has 0 bridgehead atoms. The van der Waals surface area contributed by atoms with Gasteiger partial charge in [0.25, 0.3) is 0 Å². The summed E-state index contributed by atoms with van der Waals surface area (Å²) in [5, 5.41) is 9.13. The molecule has 1 atom stereocenters. The summed E-state index contributed by atoms with van der Waals surface area (Å²) in [5.74, 6) is 0.175. The molecule has 0 saturated carbocycles. The Morgan fingerprint density at radius 2 is 1.88 bits per heavy atom. The molecule has 8 nitrogen and oxygen atoms in total. The van der Waals surface area contributed by atoms with Crippen LogP contribution in [0.25, 0.3) is 11.3 Å². The molecule has 0 aliphatic carbocycles. The highest BCUT2D eigenvalue weighted by Gasteiger charge is 2.52. The first-order chi connectivity index (χ1) is 18.6. The minimum Gasteiger partial charge on any atom is -0.487 e. The van der Waals surface area contributed by atoms with Crippen molar-refractivity contribution in [3.63, 3.8) is 0 Å². The molecule has 1 aromatic heterocycles. The molecule has 3 heterocycles. The fourth-order valence-corrected chi connectivity index (χ4v) is 6.72. The second-order valence-corrected chi connectivity index (χ2v) is 13.5. The van der Waals surface area contributed by atoms with Crippen LogP contribution in [0.3, 0.4) is 0 Å². The van der Waals surface area contributed by atoms with Gasteiger partial charge in [-0.3, -0.25) is 4.98 Å². The standard InChI is InChI=1S/C28H35F3N2O6S/c1-19(16-34)17-40(36,37)18-20-4-6-23(32-15-20)21-5-7-24-22(14-21)8-9-27(38-24)10-12-33(13-11-27)25(35)39-26(2,3)28(29,30)31/h4-7,14-15,19,34H,8-13,16-18H2,1-3H3/t19-/m0/s1. The van der Waals surface area contributed by atoms with Gasteiger partial charge in [0.15, 0.2) is 9.84 Å². The number of likely N-dealkylation sites (tertiary alicyclic amines) is 1. The van der Waals surface area contributed by atoms with Crippen LogP contribution in [0.15, 0.2) is 36.5 Å². The van der Waals surface area contributed by atoms with E-state index >= 15 is 0 Å². The maximum Gasteiger partial charge on any atom is 0.427 e. The second kappa shape index (κ2) is 11.2. The van der Waals surface area contributed by atoms with Crippen molar-refractivity contribution in [1.29, 1.82) is 0 Å². The Kier molecular flexibility index (Phi) is 8.43. The van der Waals surface area contributed by atoms with Gasteiger partial charge in [-0.2, -0.15) is 13.2 Å². The Balaban J connectivity index is 1.37. The normalized spacial score (nSPS) is 18.1. The van der Waals surface area contributed by atoms with Crippen molar-refractivity contribution in [2.75, 3.05) is 25.4 Å². The number of aryl methyl sites for hydroxylation is 1. The number of sulfone groups is 1. The molecule has 0 radical (unpaired) electrons. The number of piperidine rings is 1. The lowest BCUT2D eigenvalue weighted by Crippen LogP contribution is -2.53. The lowest BCUT2D eigenvalue weighted by Gasteiger charge is -2.44. The fourth-order valence-electron chi connectivity index (χ4n) is 4.95. The number of aliphatic hydroxyl groups is 1. The molecule has 1 N–H and O–H groups in total. The first-order valence-corrected chi connectivity index (χ1v) is 15.1. The number of fused-ring (bicyclic) bond motifs is 1. The Morgan fingerprint density at radius 1 is 1.18 bits per heavy atom. The minimum absolute atomic E-state index is 0.0874. The third kappa shape index (κ3) is 6.88. The average Bonchev–Trinajstić information content (AvgIpc) is 2.88. The number of carbonyl (C=O) groups excluding carboxylic acids is 1. The largest absolute Gasteiger partial charge is 0.487 e. The second-order valence-electron chi connectivity index (χ2n) is 11.4. The van der Waals surface area contributed by atoms with Crippen LogP contribution in [0, 0.1) is 5.92 Å². The minimum atomic E-state index is -4.66. The number of nitrogens with zero attached hydrogens (tertiary/aromatic N) is 2. The van der Waals surface area contributed by atoms with E-state index in [1.54, 1.807) is 25.3 Å². The van der Waals surface area contributed by atoms with Gasteiger partial charge in [-0.25, -0.2) is 13.2 Å². The van der Waals surface area contributed by atoms with Crippen LogP contribution in [-0.4, -0.2) is 72.3 Å². The highest BCUT2D eigenvalue weighted by molar-refractivity contribution is 7.90. The van der Waals surface area contributed by atoms with Crippen LogP contribution < -0.4 is 4.74 Å². The van der Waals surface area contributed by atoms with Gasteiger partial charge in [-0.1, -0.05) is 13.0 Å². The van der Waals surface area contributed by atoms with Gasteiger partial charge in [-0.05, 0) is 68.0 Å². The van der Waals surface area contributed by atoms with Gasteiger partial charge in [-0.15, -0.1) is 0 Å². The fraction of sp³-hybridized carbons (Fsp3) is 0.571. The number of ether oxygens (including phenoxy) is 2. The predicted octanol–water partition coefficient (Wildman–Crippen LogP) is 4.93. The van der Waals surface area contributed by atoms with E-state index in [0.29, 0.717) is 30.5 Å². The number of alkyl halides is 3. The van der Waals surface area contributed by atoms with Crippen molar-refractivity contribution in [2.24, 2.45) is 5.92 Å². The topological polar surface area (TPSA) is 106 Å². The molecule has 220 valence electrons. The molecule has 1 spiro atoms. The zero-order valence-corrected chi connectivity index (χ0v) is 23.6. The molecule has 1 amide bonds. The molecular formula is C28H35F3N2O6S. The number of hydrogen-bond donors (Lipinski definition) is 1. The maximum atomic E-state index is 13.1. The third-order valence-electron chi connectivity index (χ3n) is 7.55. The molecule has 4 rings (SSSR count). The Labute approximate surface area is 232 Å². The lowest BCUT2D eigenvalue weighted by molar-refractivity contribution is -0.246. The van der Waals surface area contributed by atoms with Crippen molar-refractivity contribution >= 4 is 15.9 Å². The van der Waals surface area contributed by atoms with Crippen molar-refractivity contribution in [3.8, 4) is 17.0 Å². The number of halogens is 3. The number of benzene rings is 1. The van der Waals surface area contributed by atoms with E-state index in [0.717, 1.165) is 37.1 Å². The van der Waals surface area contributed by atoms with Crippen LogP contribution >= 0.6 is 0 Å². The van der Waals surface area contributed by atoms with Gasteiger partial charge in [0.05, 0.1) is 17.2 Å². The van der Waals surface area contributed by atoms with E-state index in [2.05, 4.69) is 4.98 Å². The Bertz CT molecular complexity index is 1320. The zero-order chi connectivity index (χ0) is 29.3. The monoisotopic (exact) mass is 584 g/mol. The first kappa shape index (κ1) is 30.1. The molecule has 40 heavy (non-hydrogen) atoms. The summed E-state index contributed by atoms with van der Waals surface area (Å²) in [7, 11) is -3.36. The highest BCUT2D eigenvalue weighted by Crippen LogP contribution is 2.41. The van der Waals surface area contributed by atoms with Crippen LogP contribution in [-0.2, 0) is 26.7 Å². The first-order valence-electron chi connectivity index (χ1n) is 13.3. The smallest absolute Gasteiger partial charge is 0.427 e. The summed E-state index contributed by atoms with van der Waals surface area (Å²) in [5.41, 5.74) is 0.0815. The summed E-state index contributed by atoms with van der Waals surface area (Å²) in [4.78, 5) is 18.1. The van der Waals surface area contributed by atoms with E-state index in [4.69, 9.17) is 14.6 Å². The molecule has 1 aromatic carbocycles. The van der Waals surface area contributed by atoms with E-state index in [9.17, 15) is 26.4 Å². The van der Waals surface area contributed by atoms with Crippen LogP contribution in [0.1, 0.15) is 51.2 Å². The van der Waals surface area contributed by atoms with Crippen molar-refractivity contribution in [3.05, 3.63) is 47.7 Å². The SMILES string of the molecule is C[C@@H](CO)CS(=O)(=O)Cc1ccc(-c2ccc3c(c2)CCC2(CCN(C(=O)OC(C)(C)C(F)(F)F)CC2)O3)nc1. The number of amides is 1. The van der Waals surface area contributed by atoms with Crippen LogP contribution in [0.2, 0.25) is 0 Å². The summed E-state index contributed by atoms with van der Waals surface area (Å²) in [6.45, 7) is 3.65. The lowest BCUT2D eigenvalue weighted by atomic mass is 9.83. The van der Waals surface area contributed by atoms with Gasteiger partial charge in [0, 0.05) is 44.3 Å². The van der Waals surface area contributed by atoms with Gasteiger partial charge in [0.1, 0.15) is 11.4 Å². The number of rotatable bonds is 7. The van der Waals surface area contributed by atoms with E-state index in [1.807, 2.05) is 18.2 Å². The molecule has 12 heteroatoms. The summed E-state index contributed by atoms with van der Waals surface area (Å²) in [6, 6.07) is 9.26. The molecular weight excluding hydrogens is 549 g/mol. The van der Waals surface area contributed by atoms with Crippen LogP contribution in [0.4, 0.5) is 18.0 Å². The zero-order valence-electron chi connectivity index (χ0n) is 22.8. The molecule has 2 aliphatic rings. The third-order valence-corrected chi connectivity index (χ3v) is 9.40. The summed E-state index contributed by atoms with van der Waals surface area (Å²) >= 11 is 0. The van der Waals surface area contributed by atoms with E-state index in [-0.39, 0.29) is 37.1 Å².